The molecule has 1 aliphatic heterocycles. The van der Waals surface area contributed by atoms with Gasteiger partial charge >= 0.3 is 0 Å². The lowest BCUT2D eigenvalue weighted by molar-refractivity contribution is -0.302. The number of unbranched alkanes of at least 4 members (excludes halogenated alkanes) is 34. The summed E-state index contributed by atoms with van der Waals surface area (Å²) < 4.78 is 11.2. The minimum absolute atomic E-state index is 0.187. The van der Waals surface area contributed by atoms with Crippen molar-refractivity contribution in [1.29, 1.82) is 0 Å². The molecule has 9 nitrogen and oxygen atoms in total. The predicted molar refractivity (Wildman–Crippen MR) is 276 cm³/mol. The number of allylic oxidation sites excluding steroid dienone is 5. The average Bonchev–Trinajstić information content (AvgIpc) is 3.32. The van der Waals surface area contributed by atoms with Crippen molar-refractivity contribution in [3.05, 3.63) is 36.5 Å². The van der Waals surface area contributed by atoms with Gasteiger partial charge in [0.2, 0.25) is 5.91 Å². The van der Waals surface area contributed by atoms with Crippen molar-refractivity contribution in [1.82, 2.24) is 5.32 Å². The highest BCUT2D eigenvalue weighted by Gasteiger charge is 2.44. The summed E-state index contributed by atoms with van der Waals surface area (Å²) in [4.78, 5) is 13.0. The molecule has 0 radical (unpaired) electrons. The van der Waals surface area contributed by atoms with E-state index in [1.54, 1.807) is 6.08 Å². The van der Waals surface area contributed by atoms with E-state index in [0.29, 0.717) is 6.42 Å². The molecule has 66 heavy (non-hydrogen) atoms. The van der Waals surface area contributed by atoms with Crippen LogP contribution < -0.4 is 5.32 Å². The molecule has 1 rings (SSSR count). The fourth-order valence-electron chi connectivity index (χ4n) is 8.96. The molecule has 0 aromatic carbocycles. The first kappa shape index (κ1) is 62.4. The number of carbonyl (C=O) groups is 1. The maximum atomic E-state index is 13.0. The molecular formula is C57H107NO8. The number of carbonyl (C=O) groups excluding carboxylic acids is 1. The van der Waals surface area contributed by atoms with E-state index in [0.717, 1.165) is 51.4 Å². The molecule has 1 heterocycles. The lowest BCUT2D eigenvalue weighted by atomic mass is 9.99. The van der Waals surface area contributed by atoms with E-state index in [1.165, 1.54) is 193 Å². The fourth-order valence-corrected chi connectivity index (χ4v) is 8.96. The maximum absolute atomic E-state index is 13.0. The van der Waals surface area contributed by atoms with Crippen LogP contribution in [0.1, 0.15) is 264 Å². The van der Waals surface area contributed by atoms with E-state index in [1.807, 2.05) is 6.08 Å². The fraction of sp³-hybridized carbons (Fsp3) is 0.877. The average molecular weight is 934 g/mol. The van der Waals surface area contributed by atoms with Crippen LogP contribution in [0.15, 0.2) is 36.5 Å². The van der Waals surface area contributed by atoms with Gasteiger partial charge in [-0.1, -0.05) is 249 Å². The highest BCUT2D eigenvalue weighted by atomic mass is 16.7. The molecule has 388 valence electrons. The smallest absolute Gasteiger partial charge is 0.220 e. The third-order valence-electron chi connectivity index (χ3n) is 13.4. The molecular weight excluding hydrogens is 827 g/mol. The highest BCUT2D eigenvalue weighted by molar-refractivity contribution is 5.76. The first-order valence-corrected chi connectivity index (χ1v) is 28.2. The normalized spacial score (nSPS) is 20.0. The Morgan fingerprint density at radius 1 is 0.500 bits per heavy atom. The molecule has 7 unspecified atom stereocenters. The van der Waals surface area contributed by atoms with E-state index < -0.39 is 49.5 Å². The zero-order valence-corrected chi connectivity index (χ0v) is 43.0. The SMILES string of the molecule is CCCCCCC/C=C/CC/C=C/CC/C=C/C(O)C(COC1OC(CO)C(O)C(O)C1O)NC(=O)CCCCCCCCCCCCCCCCCCCCCCCCCCCCCC. The third kappa shape index (κ3) is 36.4. The van der Waals surface area contributed by atoms with Crippen LogP contribution in [0, 0.1) is 0 Å². The Morgan fingerprint density at radius 3 is 1.27 bits per heavy atom. The van der Waals surface area contributed by atoms with Gasteiger partial charge in [-0.3, -0.25) is 4.79 Å². The van der Waals surface area contributed by atoms with Crippen LogP contribution in [-0.4, -0.2) is 87.5 Å². The van der Waals surface area contributed by atoms with E-state index in [9.17, 15) is 30.3 Å². The molecule has 6 N–H and O–H groups in total. The number of nitrogens with one attached hydrogen (secondary N) is 1. The van der Waals surface area contributed by atoms with Gasteiger partial charge in [0.05, 0.1) is 25.4 Å². The second-order valence-corrected chi connectivity index (χ2v) is 19.7. The standard InChI is InChI=1S/C57H107NO8/c1-3-5-7-9-11-13-15-17-19-20-21-22-23-24-25-26-27-28-29-30-31-33-35-37-39-41-43-45-47-53(61)58-50(49-65-57-56(64)55(63)54(62)52(48-59)66-57)51(60)46-44-42-40-38-36-34-32-18-16-14-12-10-8-6-4-2/h16,18,36,38,44,46,50-52,54-57,59-60,62-64H,3-15,17,19-35,37,39-43,45,47-49H2,1-2H3,(H,58,61)/b18-16+,38-36+,46-44+. The van der Waals surface area contributed by atoms with Gasteiger partial charge in [-0.05, 0) is 44.9 Å². The minimum atomic E-state index is -1.57. The van der Waals surface area contributed by atoms with Crippen molar-refractivity contribution in [2.24, 2.45) is 0 Å². The largest absolute Gasteiger partial charge is 0.394 e. The summed E-state index contributed by atoms with van der Waals surface area (Å²) in [6, 6.07) is -0.825. The van der Waals surface area contributed by atoms with Crippen molar-refractivity contribution in [2.45, 2.75) is 307 Å². The van der Waals surface area contributed by atoms with Crippen LogP contribution in [0.3, 0.4) is 0 Å². The summed E-state index contributed by atoms with van der Waals surface area (Å²) in [6.07, 6.45) is 53.6. The van der Waals surface area contributed by atoms with Crippen molar-refractivity contribution < 1.29 is 39.8 Å². The topological polar surface area (TPSA) is 149 Å². The van der Waals surface area contributed by atoms with Crippen LogP contribution in [0.25, 0.3) is 0 Å². The molecule has 0 spiro atoms. The number of hydrogen-bond acceptors (Lipinski definition) is 8. The predicted octanol–water partition coefficient (Wildman–Crippen LogP) is 13.6. The summed E-state index contributed by atoms with van der Waals surface area (Å²) in [7, 11) is 0. The van der Waals surface area contributed by atoms with E-state index >= 15 is 0 Å². The molecule has 1 aliphatic rings. The Kier molecular flexibility index (Phi) is 44.6. The number of ether oxygens (including phenoxy) is 2. The molecule has 1 amide bonds. The van der Waals surface area contributed by atoms with Gasteiger partial charge in [-0.2, -0.15) is 0 Å². The number of aliphatic hydroxyl groups excluding tert-OH is 5. The molecule has 9 heteroatoms. The Balaban J connectivity index is 2.19. The molecule has 0 saturated carbocycles. The van der Waals surface area contributed by atoms with Crippen LogP contribution >= 0.6 is 0 Å². The number of hydrogen-bond donors (Lipinski definition) is 6. The third-order valence-corrected chi connectivity index (χ3v) is 13.4. The quantitative estimate of drug-likeness (QED) is 0.0261. The first-order valence-electron chi connectivity index (χ1n) is 28.2. The maximum Gasteiger partial charge on any atom is 0.220 e. The second kappa shape index (κ2) is 47.1. The van der Waals surface area contributed by atoms with Gasteiger partial charge in [0.25, 0.3) is 0 Å². The molecule has 0 bridgehead atoms. The van der Waals surface area contributed by atoms with Crippen LogP contribution in [0.2, 0.25) is 0 Å². The van der Waals surface area contributed by atoms with Crippen LogP contribution in [-0.2, 0) is 14.3 Å². The van der Waals surface area contributed by atoms with Crippen molar-refractivity contribution in [3.8, 4) is 0 Å². The summed E-state index contributed by atoms with van der Waals surface area (Å²) in [5.74, 6) is -0.187. The monoisotopic (exact) mass is 934 g/mol. The lowest BCUT2D eigenvalue weighted by Crippen LogP contribution is -2.60. The Labute approximate surface area is 406 Å². The zero-order chi connectivity index (χ0) is 48.0. The Bertz CT molecular complexity index is 1130. The van der Waals surface area contributed by atoms with E-state index in [2.05, 4.69) is 43.5 Å². The van der Waals surface area contributed by atoms with Gasteiger partial charge in [0.1, 0.15) is 24.4 Å². The highest BCUT2D eigenvalue weighted by Crippen LogP contribution is 2.23. The molecule has 1 saturated heterocycles. The number of amides is 1. The van der Waals surface area contributed by atoms with Crippen molar-refractivity contribution >= 4 is 5.91 Å². The van der Waals surface area contributed by atoms with Crippen LogP contribution in [0.4, 0.5) is 0 Å². The van der Waals surface area contributed by atoms with Crippen molar-refractivity contribution in [2.75, 3.05) is 13.2 Å². The van der Waals surface area contributed by atoms with Gasteiger partial charge in [-0.25, -0.2) is 0 Å². The van der Waals surface area contributed by atoms with E-state index in [4.69, 9.17) is 9.47 Å². The number of rotatable bonds is 48. The summed E-state index contributed by atoms with van der Waals surface area (Å²) in [6.45, 7) is 3.76. The van der Waals surface area contributed by atoms with Gasteiger partial charge in [-0.15, -0.1) is 0 Å². The molecule has 1 fully saturated rings. The van der Waals surface area contributed by atoms with Gasteiger partial charge in [0, 0.05) is 6.42 Å². The zero-order valence-electron chi connectivity index (χ0n) is 43.0. The van der Waals surface area contributed by atoms with Crippen molar-refractivity contribution in [3.63, 3.8) is 0 Å². The molecule has 0 aromatic rings. The summed E-state index contributed by atoms with van der Waals surface area (Å²) in [5, 5.41) is 54.4. The summed E-state index contributed by atoms with van der Waals surface area (Å²) in [5.41, 5.74) is 0. The Hall–Kier alpha value is -1.59. The second-order valence-electron chi connectivity index (χ2n) is 19.7. The lowest BCUT2D eigenvalue weighted by Gasteiger charge is -2.40. The molecule has 0 aromatic heterocycles. The first-order chi connectivity index (χ1) is 32.3. The van der Waals surface area contributed by atoms with Gasteiger partial charge in [0.15, 0.2) is 6.29 Å². The molecule has 7 atom stereocenters. The Morgan fingerprint density at radius 2 is 0.864 bits per heavy atom. The van der Waals surface area contributed by atoms with E-state index in [-0.39, 0.29) is 12.5 Å². The number of aliphatic hydroxyl groups is 5. The molecule has 0 aliphatic carbocycles. The van der Waals surface area contributed by atoms with Gasteiger partial charge < -0.3 is 40.3 Å². The summed E-state index contributed by atoms with van der Waals surface area (Å²) >= 11 is 0. The minimum Gasteiger partial charge on any atom is -0.394 e. The van der Waals surface area contributed by atoms with Crippen LogP contribution in [0.5, 0.6) is 0 Å².